The smallest absolute Gasteiger partial charge is 0.260 e. The molecule has 0 amide bonds. The Balaban J connectivity index is 2.14. The van der Waals surface area contributed by atoms with Gasteiger partial charge in [0.05, 0.1) is 12.5 Å². The first-order valence-electron chi connectivity index (χ1n) is 8.15. The number of benzene rings is 2. The van der Waals surface area contributed by atoms with E-state index in [-0.39, 0.29) is 5.56 Å². The van der Waals surface area contributed by atoms with Crippen molar-refractivity contribution in [3.05, 3.63) is 70.5 Å². The molecule has 0 bridgehead atoms. The molecule has 0 aliphatic carbocycles. The van der Waals surface area contributed by atoms with Crippen LogP contribution in [0.1, 0.15) is 13.8 Å². The number of fused-ring (bicyclic) bond motifs is 1. The number of aromatic amines is 1. The van der Waals surface area contributed by atoms with Crippen LogP contribution in [0, 0.1) is 0 Å². The van der Waals surface area contributed by atoms with Gasteiger partial charge in [0.1, 0.15) is 18.1 Å². The molecule has 128 valence electrons. The summed E-state index contributed by atoms with van der Waals surface area (Å²) in [5.74, 6) is 1.18. The van der Waals surface area contributed by atoms with Crippen molar-refractivity contribution in [2.45, 2.75) is 13.8 Å². The summed E-state index contributed by atoms with van der Waals surface area (Å²) in [6.07, 6.45) is 1.97. The average Bonchev–Trinajstić information content (AvgIpc) is 2.61. The van der Waals surface area contributed by atoms with E-state index < -0.39 is 0 Å². The molecule has 3 aromatic rings. The minimum Gasteiger partial charge on any atom is -0.497 e. The van der Waals surface area contributed by atoms with Crippen molar-refractivity contribution >= 4 is 10.8 Å². The van der Waals surface area contributed by atoms with Gasteiger partial charge in [0.15, 0.2) is 0 Å². The normalized spacial score (nSPS) is 10.5. The molecule has 0 fully saturated rings. The second-order valence-corrected chi connectivity index (χ2v) is 6.06. The summed E-state index contributed by atoms with van der Waals surface area (Å²) in [7, 11) is 1.60. The fourth-order valence-electron chi connectivity index (χ4n) is 2.65. The molecular weight excluding hydrogens is 314 g/mol. The number of nitrogens with one attached hydrogen (secondary N) is 1. The van der Waals surface area contributed by atoms with E-state index in [1.165, 1.54) is 0 Å². The predicted octanol–water partition coefficient (Wildman–Crippen LogP) is 4.55. The van der Waals surface area contributed by atoms with Crippen LogP contribution in [0.3, 0.4) is 0 Å². The first-order chi connectivity index (χ1) is 12.1. The summed E-state index contributed by atoms with van der Waals surface area (Å²) >= 11 is 0. The van der Waals surface area contributed by atoms with E-state index in [1.807, 2.05) is 62.4 Å². The van der Waals surface area contributed by atoms with Gasteiger partial charge in [-0.3, -0.25) is 4.79 Å². The van der Waals surface area contributed by atoms with E-state index in [2.05, 4.69) is 4.98 Å². The van der Waals surface area contributed by atoms with E-state index in [0.29, 0.717) is 23.5 Å². The molecule has 25 heavy (non-hydrogen) atoms. The third-order valence-corrected chi connectivity index (χ3v) is 3.93. The topological polar surface area (TPSA) is 51.3 Å². The summed E-state index contributed by atoms with van der Waals surface area (Å²) in [6, 6.07) is 15.3. The Morgan fingerprint density at radius 2 is 1.88 bits per heavy atom. The summed E-state index contributed by atoms with van der Waals surface area (Å²) < 4.78 is 11.2. The Hall–Kier alpha value is -3.01. The highest BCUT2D eigenvalue weighted by Crippen LogP contribution is 2.31. The zero-order valence-electron chi connectivity index (χ0n) is 14.6. The number of hydrogen-bond acceptors (Lipinski definition) is 3. The molecule has 0 saturated heterocycles. The van der Waals surface area contributed by atoms with Gasteiger partial charge in [0.2, 0.25) is 0 Å². The highest BCUT2D eigenvalue weighted by atomic mass is 16.5. The van der Waals surface area contributed by atoms with Gasteiger partial charge in [0, 0.05) is 11.8 Å². The number of rotatable bonds is 5. The van der Waals surface area contributed by atoms with Gasteiger partial charge in [-0.2, -0.15) is 0 Å². The number of aromatic nitrogens is 1. The van der Waals surface area contributed by atoms with Crippen LogP contribution in [0.25, 0.3) is 22.0 Å². The van der Waals surface area contributed by atoms with Gasteiger partial charge in [-0.25, -0.2) is 0 Å². The lowest BCUT2D eigenvalue weighted by molar-refractivity contribution is 0.360. The van der Waals surface area contributed by atoms with Gasteiger partial charge >= 0.3 is 0 Å². The number of ether oxygens (including phenoxy) is 2. The second-order valence-electron chi connectivity index (χ2n) is 6.06. The summed E-state index contributed by atoms with van der Waals surface area (Å²) in [6.45, 7) is 4.42. The quantitative estimate of drug-likeness (QED) is 0.696. The molecule has 0 saturated carbocycles. The van der Waals surface area contributed by atoms with Gasteiger partial charge in [-0.15, -0.1) is 0 Å². The molecule has 0 atom stereocenters. The Labute approximate surface area is 146 Å². The third kappa shape index (κ3) is 3.74. The molecule has 0 spiro atoms. The van der Waals surface area contributed by atoms with Gasteiger partial charge in [-0.05, 0) is 43.0 Å². The van der Waals surface area contributed by atoms with E-state index in [1.54, 1.807) is 13.2 Å². The van der Waals surface area contributed by atoms with Gasteiger partial charge in [-0.1, -0.05) is 35.9 Å². The van der Waals surface area contributed by atoms with Crippen LogP contribution in [-0.2, 0) is 0 Å². The highest BCUT2D eigenvalue weighted by molar-refractivity contribution is 5.91. The van der Waals surface area contributed by atoms with E-state index in [0.717, 1.165) is 22.2 Å². The molecule has 3 rings (SSSR count). The van der Waals surface area contributed by atoms with Crippen LogP contribution >= 0.6 is 0 Å². The van der Waals surface area contributed by atoms with Crippen molar-refractivity contribution in [2.24, 2.45) is 0 Å². The molecular formula is C21H21NO3. The van der Waals surface area contributed by atoms with E-state index in [9.17, 15) is 4.79 Å². The van der Waals surface area contributed by atoms with Crippen molar-refractivity contribution < 1.29 is 9.47 Å². The number of hydrogen-bond donors (Lipinski definition) is 1. The van der Waals surface area contributed by atoms with E-state index >= 15 is 0 Å². The molecule has 4 heteroatoms. The minimum absolute atomic E-state index is 0.175. The summed E-state index contributed by atoms with van der Waals surface area (Å²) in [5.41, 5.74) is 2.71. The molecule has 0 radical (unpaired) electrons. The van der Waals surface area contributed by atoms with Crippen LogP contribution in [-0.4, -0.2) is 18.7 Å². The average molecular weight is 335 g/mol. The maximum Gasteiger partial charge on any atom is 0.260 e. The van der Waals surface area contributed by atoms with Crippen molar-refractivity contribution in [3.8, 4) is 22.8 Å². The molecule has 1 N–H and O–H groups in total. The van der Waals surface area contributed by atoms with Gasteiger partial charge < -0.3 is 14.5 Å². The van der Waals surface area contributed by atoms with Crippen molar-refractivity contribution in [3.63, 3.8) is 0 Å². The fourth-order valence-corrected chi connectivity index (χ4v) is 2.65. The molecule has 0 aliphatic rings. The SMILES string of the molecule is COc1cc(OCC=C(C)C)c2c(=O)[nH]c(-c3ccccc3)cc2c1. The second kappa shape index (κ2) is 7.26. The molecule has 1 heterocycles. The number of H-pyrrole nitrogens is 1. The first-order valence-corrected chi connectivity index (χ1v) is 8.15. The molecule has 0 unspecified atom stereocenters. The minimum atomic E-state index is -0.175. The standard InChI is InChI=1S/C21H21NO3/c1-14(2)9-10-25-19-13-17(24-3)11-16-12-18(22-21(23)20(16)19)15-7-5-4-6-8-15/h4-9,11-13H,10H2,1-3H3,(H,22,23). The predicted molar refractivity (Wildman–Crippen MR) is 101 cm³/mol. The fraction of sp³-hybridized carbons (Fsp3) is 0.190. The van der Waals surface area contributed by atoms with Gasteiger partial charge in [0.25, 0.3) is 5.56 Å². The first kappa shape index (κ1) is 16.8. The van der Waals surface area contributed by atoms with E-state index in [4.69, 9.17) is 9.47 Å². The largest absolute Gasteiger partial charge is 0.497 e. The highest BCUT2D eigenvalue weighted by Gasteiger charge is 2.12. The zero-order valence-corrected chi connectivity index (χ0v) is 14.6. The van der Waals surface area contributed by atoms with Crippen LogP contribution in [0.5, 0.6) is 11.5 Å². The Morgan fingerprint density at radius 1 is 1.12 bits per heavy atom. The molecule has 4 nitrogen and oxygen atoms in total. The van der Waals surface area contributed by atoms with Crippen LogP contribution in [0.15, 0.2) is 65.0 Å². The lowest BCUT2D eigenvalue weighted by Crippen LogP contribution is -2.10. The number of pyridine rings is 1. The maximum absolute atomic E-state index is 12.7. The maximum atomic E-state index is 12.7. The Kier molecular flexibility index (Phi) is 4.89. The monoisotopic (exact) mass is 335 g/mol. The molecule has 2 aromatic carbocycles. The zero-order chi connectivity index (χ0) is 17.8. The summed E-state index contributed by atoms with van der Waals surface area (Å²) in [4.78, 5) is 15.7. The Morgan fingerprint density at radius 3 is 2.56 bits per heavy atom. The van der Waals surface area contributed by atoms with Crippen LogP contribution < -0.4 is 15.0 Å². The number of methoxy groups -OCH3 is 1. The van der Waals surface area contributed by atoms with Crippen molar-refractivity contribution in [1.29, 1.82) is 0 Å². The van der Waals surface area contributed by atoms with Crippen LogP contribution in [0.4, 0.5) is 0 Å². The number of allylic oxidation sites excluding steroid dienone is 1. The van der Waals surface area contributed by atoms with Crippen molar-refractivity contribution in [1.82, 2.24) is 4.98 Å². The Bertz CT molecular complexity index is 968. The lowest BCUT2D eigenvalue weighted by atomic mass is 10.1. The molecule has 1 aromatic heterocycles. The third-order valence-electron chi connectivity index (χ3n) is 3.93. The molecule has 0 aliphatic heterocycles. The van der Waals surface area contributed by atoms with Crippen LogP contribution in [0.2, 0.25) is 0 Å². The lowest BCUT2D eigenvalue weighted by Gasteiger charge is -2.11. The summed E-state index contributed by atoms with van der Waals surface area (Å²) in [5, 5.41) is 1.32. The van der Waals surface area contributed by atoms with Crippen molar-refractivity contribution in [2.75, 3.05) is 13.7 Å².